The van der Waals surface area contributed by atoms with Gasteiger partial charge in [-0.05, 0) is 18.2 Å². The van der Waals surface area contributed by atoms with Gasteiger partial charge in [0.2, 0.25) is 11.0 Å². The summed E-state index contributed by atoms with van der Waals surface area (Å²) in [6.07, 6.45) is 0. The number of nitrogens with zero attached hydrogens (tertiary/aromatic N) is 1. The van der Waals surface area contributed by atoms with Crippen molar-refractivity contribution in [1.29, 1.82) is 0 Å². The summed E-state index contributed by atoms with van der Waals surface area (Å²) in [5.74, 6) is 0. The van der Waals surface area contributed by atoms with Gasteiger partial charge >= 0.3 is 0 Å². The first kappa shape index (κ1) is 10.4. The molecule has 0 fully saturated rings. The van der Waals surface area contributed by atoms with Crippen LogP contribution in [0.15, 0.2) is 48.5 Å². The molecular formula is C16H14N3+. The molecule has 3 N–H and O–H groups in total. The van der Waals surface area contributed by atoms with Crippen LogP contribution in [0.3, 0.4) is 0 Å². The molecule has 0 bridgehead atoms. The molecule has 2 aromatic carbocycles. The Morgan fingerprint density at radius 3 is 2.47 bits per heavy atom. The average Bonchev–Trinajstić information content (AvgIpc) is 2.84. The van der Waals surface area contributed by atoms with Gasteiger partial charge in [0.05, 0.1) is 22.0 Å². The smallest absolute Gasteiger partial charge is 0.240 e. The number of benzene rings is 2. The predicted molar refractivity (Wildman–Crippen MR) is 78.9 cm³/mol. The Labute approximate surface area is 110 Å². The van der Waals surface area contributed by atoms with Crippen LogP contribution < -0.4 is 10.3 Å². The summed E-state index contributed by atoms with van der Waals surface area (Å²) in [6.45, 7) is 0. The highest BCUT2D eigenvalue weighted by atomic mass is 15.0. The Hall–Kier alpha value is -2.55. The molecule has 0 amide bonds. The third-order valence-electron chi connectivity index (χ3n) is 3.84. The van der Waals surface area contributed by atoms with Crippen LogP contribution in [0.25, 0.3) is 32.8 Å². The van der Waals surface area contributed by atoms with E-state index in [1.54, 1.807) is 0 Å². The quantitative estimate of drug-likeness (QED) is 0.462. The van der Waals surface area contributed by atoms with E-state index in [1.807, 2.05) is 18.2 Å². The van der Waals surface area contributed by atoms with Crippen LogP contribution >= 0.6 is 0 Å². The lowest BCUT2D eigenvalue weighted by Crippen LogP contribution is -2.30. The molecule has 0 aliphatic rings. The number of hydrogen-bond acceptors (Lipinski definition) is 1. The van der Waals surface area contributed by atoms with E-state index < -0.39 is 0 Å². The van der Waals surface area contributed by atoms with Crippen LogP contribution in [-0.2, 0) is 7.05 Å². The van der Waals surface area contributed by atoms with Crippen molar-refractivity contribution < 1.29 is 4.57 Å². The van der Waals surface area contributed by atoms with Crippen molar-refractivity contribution in [3.05, 3.63) is 48.5 Å². The summed E-state index contributed by atoms with van der Waals surface area (Å²) in [7, 11) is 2.09. The number of nitrogen functional groups attached to an aromatic ring is 1. The van der Waals surface area contributed by atoms with Crippen LogP contribution in [0.1, 0.15) is 0 Å². The summed E-state index contributed by atoms with van der Waals surface area (Å²) in [5, 5.41) is 2.29. The van der Waals surface area contributed by atoms with Crippen molar-refractivity contribution in [3.63, 3.8) is 0 Å². The molecule has 92 valence electrons. The van der Waals surface area contributed by atoms with Crippen LogP contribution in [0.4, 0.5) is 5.69 Å². The number of pyridine rings is 1. The molecule has 0 spiro atoms. The molecule has 0 aliphatic heterocycles. The lowest BCUT2D eigenvalue weighted by molar-refractivity contribution is -0.616. The molecule has 4 aromatic rings. The summed E-state index contributed by atoms with van der Waals surface area (Å²) in [6, 6.07) is 16.5. The number of fused-ring (bicyclic) bond motifs is 4. The number of para-hydroxylation sites is 2. The molecule has 2 heterocycles. The third kappa shape index (κ3) is 1.24. The van der Waals surface area contributed by atoms with Crippen molar-refractivity contribution in [2.45, 2.75) is 0 Å². The van der Waals surface area contributed by atoms with Crippen LogP contribution in [-0.4, -0.2) is 4.98 Å². The highest BCUT2D eigenvalue weighted by Gasteiger charge is 2.20. The third-order valence-corrected chi connectivity index (χ3v) is 3.84. The summed E-state index contributed by atoms with van der Waals surface area (Å²) < 4.78 is 2.21. The van der Waals surface area contributed by atoms with Crippen molar-refractivity contribution in [2.24, 2.45) is 7.05 Å². The van der Waals surface area contributed by atoms with Gasteiger partial charge in [0, 0.05) is 6.07 Å². The first-order chi connectivity index (χ1) is 9.27. The monoisotopic (exact) mass is 248 g/mol. The van der Waals surface area contributed by atoms with E-state index in [1.165, 1.54) is 5.39 Å². The SMILES string of the molecule is C[n+]1c2ccccc2c(N)c2[nH]c3ccccc3c21. The maximum atomic E-state index is 6.34. The number of anilines is 1. The van der Waals surface area contributed by atoms with Crippen molar-refractivity contribution in [3.8, 4) is 0 Å². The van der Waals surface area contributed by atoms with E-state index >= 15 is 0 Å². The van der Waals surface area contributed by atoms with E-state index in [9.17, 15) is 0 Å². The Morgan fingerprint density at radius 2 is 1.63 bits per heavy atom. The van der Waals surface area contributed by atoms with Gasteiger partial charge in [-0.15, -0.1) is 0 Å². The van der Waals surface area contributed by atoms with E-state index in [4.69, 9.17) is 5.73 Å². The molecule has 0 unspecified atom stereocenters. The topological polar surface area (TPSA) is 45.7 Å². The minimum Gasteiger partial charge on any atom is -0.396 e. The second-order valence-electron chi connectivity index (χ2n) is 4.88. The standard InChI is InChI=1S/C16H13N3/c1-19-13-9-5-3-7-11(13)14(17)15-16(19)10-6-2-4-8-12(10)18-15/h2-9H,1H3,(H2,17,18)/p+1. The molecular weight excluding hydrogens is 234 g/mol. The number of nitrogens with two attached hydrogens (primary N) is 1. The minimum atomic E-state index is 0.819. The zero-order valence-electron chi connectivity index (χ0n) is 10.6. The van der Waals surface area contributed by atoms with Crippen molar-refractivity contribution in [1.82, 2.24) is 4.98 Å². The number of nitrogens with one attached hydrogen (secondary N) is 1. The summed E-state index contributed by atoms with van der Waals surface area (Å²) in [4.78, 5) is 3.43. The molecule has 4 rings (SSSR count). The highest BCUT2D eigenvalue weighted by molar-refractivity contribution is 6.12. The fourth-order valence-electron chi connectivity index (χ4n) is 2.92. The first-order valence-corrected chi connectivity index (χ1v) is 6.34. The van der Waals surface area contributed by atoms with Crippen LogP contribution in [0.5, 0.6) is 0 Å². The van der Waals surface area contributed by atoms with E-state index in [2.05, 4.69) is 46.9 Å². The van der Waals surface area contributed by atoms with Gasteiger partial charge in [-0.2, -0.15) is 4.57 Å². The highest BCUT2D eigenvalue weighted by Crippen LogP contribution is 2.30. The van der Waals surface area contributed by atoms with Gasteiger partial charge in [0.15, 0.2) is 0 Å². The lowest BCUT2D eigenvalue weighted by Gasteiger charge is -2.02. The van der Waals surface area contributed by atoms with E-state index in [0.717, 1.165) is 33.1 Å². The number of aromatic nitrogens is 2. The second kappa shape index (κ2) is 3.48. The summed E-state index contributed by atoms with van der Waals surface area (Å²) >= 11 is 0. The fourth-order valence-corrected chi connectivity index (χ4v) is 2.92. The van der Waals surface area contributed by atoms with Crippen molar-refractivity contribution >= 4 is 38.5 Å². The second-order valence-corrected chi connectivity index (χ2v) is 4.88. The normalized spacial score (nSPS) is 11.6. The molecule has 0 atom stereocenters. The number of H-pyrrole nitrogens is 1. The Bertz CT molecular complexity index is 935. The first-order valence-electron chi connectivity index (χ1n) is 6.34. The lowest BCUT2D eigenvalue weighted by atomic mass is 10.1. The van der Waals surface area contributed by atoms with Crippen LogP contribution in [0, 0.1) is 0 Å². The molecule has 19 heavy (non-hydrogen) atoms. The van der Waals surface area contributed by atoms with Gasteiger partial charge in [-0.3, -0.25) is 0 Å². The minimum absolute atomic E-state index is 0.819. The number of aryl methyl sites for hydroxylation is 1. The van der Waals surface area contributed by atoms with Crippen LogP contribution in [0.2, 0.25) is 0 Å². The number of hydrogen-bond donors (Lipinski definition) is 2. The molecule has 0 radical (unpaired) electrons. The molecule has 0 aliphatic carbocycles. The maximum Gasteiger partial charge on any atom is 0.240 e. The molecule has 0 saturated carbocycles. The molecule has 0 saturated heterocycles. The zero-order chi connectivity index (χ0) is 13.0. The number of rotatable bonds is 0. The van der Waals surface area contributed by atoms with Gasteiger partial charge < -0.3 is 10.7 Å². The van der Waals surface area contributed by atoms with Gasteiger partial charge in [-0.25, -0.2) is 0 Å². The maximum absolute atomic E-state index is 6.34. The Morgan fingerprint density at radius 1 is 0.947 bits per heavy atom. The van der Waals surface area contributed by atoms with Gasteiger partial charge in [0.1, 0.15) is 12.6 Å². The molecule has 2 aromatic heterocycles. The Balaban J connectivity index is 2.39. The largest absolute Gasteiger partial charge is 0.396 e. The fraction of sp³-hybridized carbons (Fsp3) is 0.0625. The average molecular weight is 248 g/mol. The van der Waals surface area contributed by atoms with Crippen molar-refractivity contribution in [2.75, 3.05) is 5.73 Å². The Kier molecular flexibility index (Phi) is 1.90. The number of aromatic amines is 1. The molecule has 3 nitrogen and oxygen atoms in total. The van der Waals surface area contributed by atoms with E-state index in [0.29, 0.717) is 0 Å². The van der Waals surface area contributed by atoms with Gasteiger partial charge in [-0.1, -0.05) is 24.3 Å². The molecule has 3 heteroatoms. The predicted octanol–water partition coefficient (Wildman–Crippen LogP) is 2.88. The van der Waals surface area contributed by atoms with Gasteiger partial charge in [0.25, 0.3) is 0 Å². The zero-order valence-corrected chi connectivity index (χ0v) is 10.6. The summed E-state index contributed by atoms with van der Waals surface area (Å²) in [5.41, 5.74) is 11.6. The van der Waals surface area contributed by atoms with E-state index in [-0.39, 0.29) is 0 Å².